The first-order valence-corrected chi connectivity index (χ1v) is 9.90. The molecule has 0 unspecified atom stereocenters. The van der Waals surface area contributed by atoms with Gasteiger partial charge in [0.25, 0.3) is 5.91 Å². The molecular weight excluding hydrogens is 326 g/mol. The zero-order chi connectivity index (χ0) is 19.1. The van der Waals surface area contributed by atoms with Gasteiger partial charge in [-0.25, -0.2) is 0 Å². The molecule has 2 N–H and O–H groups in total. The molecule has 1 aromatic rings. The molecule has 5 nitrogen and oxygen atoms in total. The third-order valence-corrected chi connectivity index (χ3v) is 4.83. The Kier molecular flexibility index (Phi) is 7.49. The molecule has 1 fully saturated rings. The molecule has 0 aromatic heterocycles. The van der Waals surface area contributed by atoms with Crippen LogP contribution in [-0.2, 0) is 4.79 Å². The predicted molar refractivity (Wildman–Crippen MR) is 108 cm³/mol. The van der Waals surface area contributed by atoms with Crippen molar-refractivity contribution in [2.24, 2.45) is 5.92 Å². The molecule has 5 heteroatoms. The fourth-order valence-corrected chi connectivity index (χ4v) is 3.22. The second-order valence-electron chi connectivity index (χ2n) is 7.68. The van der Waals surface area contributed by atoms with Crippen molar-refractivity contribution >= 4 is 23.2 Å². The summed E-state index contributed by atoms with van der Waals surface area (Å²) in [4.78, 5) is 27.1. The van der Waals surface area contributed by atoms with E-state index in [1.54, 1.807) is 0 Å². The van der Waals surface area contributed by atoms with Crippen molar-refractivity contribution in [3.05, 3.63) is 23.8 Å². The first kappa shape index (κ1) is 20.3. The van der Waals surface area contributed by atoms with Gasteiger partial charge in [0.05, 0.1) is 5.56 Å². The number of anilines is 2. The van der Waals surface area contributed by atoms with E-state index in [2.05, 4.69) is 29.4 Å². The summed E-state index contributed by atoms with van der Waals surface area (Å²) < 4.78 is 0. The number of carbonyl (C=O) groups excluding carboxylic acids is 2. The Morgan fingerprint density at radius 1 is 1.23 bits per heavy atom. The maximum absolute atomic E-state index is 12.7. The normalized spacial score (nSPS) is 15.2. The minimum atomic E-state index is -0.0849. The highest BCUT2D eigenvalue weighted by Crippen LogP contribution is 2.29. The van der Waals surface area contributed by atoms with Gasteiger partial charge in [-0.05, 0) is 57.2 Å². The highest BCUT2D eigenvalue weighted by molar-refractivity contribution is 6.02. The molecule has 2 amide bonds. The lowest BCUT2D eigenvalue weighted by molar-refractivity contribution is -0.116. The number of carbonyl (C=O) groups is 2. The van der Waals surface area contributed by atoms with E-state index in [-0.39, 0.29) is 17.9 Å². The van der Waals surface area contributed by atoms with E-state index in [1.165, 1.54) is 0 Å². The lowest BCUT2D eigenvalue weighted by atomic mass is 9.97. The number of nitrogens with one attached hydrogen (secondary N) is 2. The van der Waals surface area contributed by atoms with Gasteiger partial charge < -0.3 is 15.5 Å². The Morgan fingerprint density at radius 2 is 1.92 bits per heavy atom. The largest absolute Gasteiger partial charge is 0.371 e. The minimum absolute atomic E-state index is 0.00150. The molecule has 0 spiro atoms. The average molecular weight is 360 g/mol. The van der Waals surface area contributed by atoms with Crippen LogP contribution in [0.2, 0.25) is 0 Å². The van der Waals surface area contributed by atoms with Crippen LogP contribution in [-0.4, -0.2) is 30.9 Å². The summed E-state index contributed by atoms with van der Waals surface area (Å²) in [5, 5.41) is 5.91. The fraction of sp³-hybridized carbons (Fsp3) is 0.619. The minimum Gasteiger partial charge on any atom is -0.371 e. The smallest absolute Gasteiger partial charge is 0.253 e. The highest BCUT2D eigenvalue weighted by atomic mass is 16.2. The average Bonchev–Trinajstić information content (AvgIpc) is 2.60. The Morgan fingerprint density at radius 3 is 2.54 bits per heavy atom. The molecule has 1 aliphatic rings. The van der Waals surface area contributed by atoms with Gasteiger partial charge in [-0.3, -0.25) is 9.59 Å². The van der Waals surface area contributed by atoms with Crippen LogP contribution in [0.25, 0.3) is 0 Å². The molecule has 2 rings (SSSR count). The van der Waals surface area contributed by atoms with E-state index in [0.717, 1.165) is 50.4 Å². The first-order chi connectivity index (χ1) is 12.4. The molecule has 1 saturated heterocycles. The lowest BCUT2D eigenvalue weighted by Gasteiger charge is -2.33. The summed E-state index contributed by atoms with van der Waals surface area (Å²) >= 11 is 0. The SMILES string of the molecule is CCCCC(=O)Nc1ccc(N2CCC(C)CC2)c(C(=O)NC(C)C)c1. The zero-order valence-corrected chi connectivity index (χ0v) is 16.6. The number of nitrogens with zero attached hydrogens (tertiary/aromatic N) is 1. The van der Waals surface area contributed by atoms with Crippen molar-refractivity contribution in [3.63, 3.8) is 0 Å². The maximum Gasteiger partial charge on any atom is 0.253 e. The fourth-order valence-electron chi connectivity index (χ4n) is 3.22. The van der Waals surface area contributed by atoms with Gasteiger partial charge in [0, 0.05) is 36.9 Å². The highest BCUT2D eigenvalue weighted by Gasteiger charge is 2.22. The van der Waals surface area contributed by atoms with Gasteiger partial charge in [-0.2, -0.15) is 0 Å². The number of unbranched alkanes of at least 4 members (excludes halogenated alkanes) is 1. The molecule has 0 radical (unpaired) electrons. The molecule has 1 heterocycles. The Balaban J connectivity index is 2.23. The van der Waals surface area contributed by atoms with Crippen molar-refractivity contribution in [2.45, 2.75) is 65.8 Å². The molecular formula is C21H33N3O2. The third kappa shape index (κ3) is 5.75. The second-order valence-corrected chi connectivity index (χ2v) is 7.68. The van der Waals surface area contributed by atoms with Crippen molar-refractivity contribution in [1.82, 2.24) is 5.32 Å². The quantitative estimate of drug-likeness (QED) is 0.767. The molecule has 0 atom stereocenters. The molecule has 0 saturated carbocycles. The van der Waals surface area contributed by atoms with Crippen molar-refractivity contribution in [1.29, 1.82) is 0 Å². The van der Waals surface area contributed by atoms with Crippen LogP contribution in [0.5, 0.6) is 0 Å². The van der Waals surface area contributed by atoms with Crippen LogP contribution >= 0.6 is 0 Å². The molecule has 144 valence electrons. The van der Waals surface area contributed by atoms with Gasteiger partial charge >= 0.3 is 0 Å². The lowest BCUT2D eigenvalue weighted by Crippen LogP contribution is -2.36. The van der Waals surface area contributed by atoms with Gasteiger partial charge in [-0.15, -0.1) is 0 Å². The molecule has 0 bridgehead atoms. The molecule has 1 aromatic carbocycles. The number of rotatable bonds is 7. The van der Waals surface area contributed by atoms with Crippen LogP contribution in [0.15, 0.2) is 18.2 Å². The summed E-state index contributed by atoms with van der Waals surface area (Å²) in [5.74, 6) is 0.649. The summed E-state index contributed by atoms with van der Waals surface area (Å²) in [6.07, 6.45) is 4.65. The van der Waals surface area contributed by atoms with Crippen LogP contribution in [0, 0.1) is 5.92 Å². The van der Waals surface area contributed by atoms with Gasteiger partial charge in [0.2, 0.25) is 5.91 Å². The first-order valence-electron chi connectivity index (χ1n) is 9.90. The van der Waals surface area contributed by atoms with Crippen LogP contribution < -0.4 is 15.5 Å². The van der Waals surface area contributed by atoms with Crippen LogP contribution in [0.3, 0.4) is 0 Å². The van der Waals surface area contributed by atoms with Crippen molar-refractivity contribution < 1.29 is 9.59 Å². The van der Waals surface area contributed by atoms with E-state index in [9.17, 15) is 9.59 Å². The van der Waals surface area contributed by atoms with Gasteiger partial charge in [0.15, 0.2) is 0 Å². The van der Waals surface area contributed by atoms with E-state index < -0.39 is 0 Å². The van der Waals surface area contributed by atoms with Gasteiger partial charge in [0.1, 0.15) is 0 Å². The number of hydrogen-bond donors (Lipinski definition) is 2. The number of amides is 2. The predicted octanol–water partition coefficient (Wildman–Crippen LogP) is 4.19. The second kappa shape index (κ2) is 9.60. The van der Waals surface area contributed by atoms with Crippen molar-refractivity contribution in [3.8, 4) is 0 Å². The van der Waals surface area contributed by atoms with E-state index >= 15 is 0 Å². The Bertz CT molecular complexity index is 620. The summed E-state index contributed by atoms with van der Waals surface area (Å²) in [7, 11) is 0. The van der Waals surface area contributed by atoms with Gasteiger partial charge in [-0.1, -0.05) is 20.3 Å². The van der Waals surface area contributed by atoms with Crippen LogP contribution in [0.4, 0.5) is 11.4 Å². The number of piperidine rings is 1. The number of benzene rings is 1. The maximum atomic E-state index is 12.7. The van der Waals surface area contributed by atoms with E-state index in [4.69, 9.17) is 0 Å². The summed E-state index contributed by atoms with van der Waals surface area (Å²) in [5.41, 5.74) is 2.29. The standard InChI is InChI=1S/C21H33N3O2/c1-5-6-7-20(25)23-17-8-9-19(24-12-10-16(4)11-13-24)18(14-17)21(26)22-15(2)3/h8-9,14-16H,5-7,10-13H2,1-4H3,(H,22,26)(H,23,25). The zero-order valence-electron chi connectivity index (χ0n) is 16.6. The summed E-state index contributed by atoms with van der Waals surface area (Å²) in [6, 6.07) is 5.76. The summed E-state index contributed by atoms with van der Waals surface area (Å²) in [6.45, 7) is 10.2. The van der Waals surface area contributed by atoms with Crippen LogP contribution in [0.1, 0.15) is 70.2 Å². The Hall–Kier alpha value is -2.04. The molecule has 26 heavy (non-hydrogen) atoms. The molecule has 1 aliphatic heterocycles. The van der Waals surface area contributed by atoms with E-state index in [1.807, 2.05) is 32.0 Å². The number of hydrogen-bond acceptors (Lipinski definition) is 3. The molecule has 0 aliphatic carbocycles. The van der Waals surface area contributed by atoms with E-state index in [0.29, 0.717) is 17.7 Å². The monoisotopic (exact) mass is 359 g/mol. The van der Waals surface area contributed by atoms with Crippen molar-refractivity contribution in [2.75, 3.05) is 23.3 Å². The third-order valence-electron chi connectivity index (χ3n) is 4.83. The Labute approximate surface area is 157 Å². The topological polar surface area (TPSA) is 61.4 Å².